The lowest BCUT2D eigenvalue weighted by Gasteiger charge is -2.22. The zero-order valence-electron chi connectivity index (χ0n) is 13.3. The van der Waals surface area contributed by atoms with Crippen molar-refractivity contribution < 1.29 is 4.42 Å². The molecule has 0 unspecified atom stereocenters. The van der Waals surface area contributed by atoms with Crippen LogP contribution in [0.4, 0.5) is 5.82 Å². The second-order valence-electron chi connectivity index (χ2n) is 6.06. The van der Waals surface area contributed by atoms with Crippen molar-refractivity contribution in [2.75, 3.05) is 11.4 Å². The third-order valence-corrected chi connectivity index (χ3v) is 3.12. The van der Waals surface area contributed by atoms with Gasteiger partial charge in [0, 0.05) is 18.6 Å². The Bertz CT molecular complexity index is 528. The maximum atomic E-state index is 5.39. The molecule has 0 saturated heterocycles. The van der Waals surface area contributed by atoms with E-state index in [4.69, 9.17) is 4.42 Å². The number of anilines is 1. The molecule has 0 amide bonds. The smallest absolute Gasteiger partial charge is 0.147 e. The number of hydrogen-bond donors (Lipinski definition) is 1. The van der Waals surface area contributed by atoms with Gasteiger partial charge < -0.3 is 14.6 Å². The highest BCUT2D eigenvalue weighted by atomic mass is 16.3. The van der Waals surface area contributed by atoms with Crippen molar-refractivity contribution in [2.45, 2.75) is 46.3 Å². The van der Waals surface area contributed by atoms with Gasteiger partial charge in [-0.15, -0.1) is 0 Å². The van der Waals surface area contributed by atoms with Crippen molar-refractivity contribution in [1.82, 2.24) is 15.3 Å². The third-order valence-electron chi connectivity index (χ3n) is 3.12. The molecule has 0 spiro atoms. The topological polar surface area (TPSA) is 54.2 Å². The highest BCUT2D eigenvalue weighted by molar-refractivity contribution is 5.36. The summed E-state index contributed by atoms with van der Waals surface area (Å²) in [6.45, 7) is 10.8. The minimum atomic E-state index is 0.0785. The molecular weight excluding hydrogens is 264 g/mol. The molecule has 0 aliphatic rings. The predicted molar refractivity (Wildman–Crippen MR) is 84.1 cm³/mol. The molecule has 0 aromatic carbocycles. The number of aromatic nitrogens is 2. The van der Waals surface area contributed by atoms with Crippen molar-refractivity contribution in [2.24, 2.45) is 0 Å². The summed E-state index contributed by atoms with van der Waals surface area (Å²) in [5, 5.41) is 3.41. The molecule has 0 fully saturated rings. The number of nitrogens with zero attached hydrogens (tertiary/aromatic N) is 3. The van der Waals surface area contributed by atoms with Gasteiger partial charge in [0.15, 0.2) is 0 Å². The highest BCUT2D eigenvalue weighted by Gasteiger charge is 2.11. The predicted octanol–water partition coefficient (Wildman–Crippen LogP) is 2.98. The monoisotopic (exact) mass is 288 g/mol. The molecule has 0 saturated carbocycles. The fourth-order valence-corrected chi connectivity index (χ4v) is 1.90. The number of rotatable bonds is 6. The Morgan fingerprint density at radius 1 is 1.24 bits per heavy atom. The van der Waals surface area contributed by atoms with Gasteiger partial charge in [-0.3, -0.25) is 4.98 Å². The molecule has 5 heteroatoms. The lowest BCUT2D eigenvalue weighted by atomic mass is 10.1. The largest absolute Gasteiger partial charge is 0.467 e. The van der Waals surface area contributed by atoms with E-state index in [1.165, 1.54) is 0 Å². The van der Waals surface area contributed by atoms with Crippen LogP contribution in [0.15, 0.2) is 35.2 Å². The average Bonchev–Trinajstić information content (AvgIpc) is 2.95. The van der Waals surface area contributed by atoms with Gasteiger partial charge in [-0.25, -0.2) is 4.98 Å². The summed E-state index contributed by atoms with van der Waals surface area (Å²) in [4.78, 5) is 11.1. The molecule has 21 heavy (non-hydrogen) atoms. The first-order chi connectivity index (χ1) is 9.98. The van der Waals surface area contributed by atoms with E-state index >= 15 is 0 Å². The maximum absolute atomic E-state index is 5.39. The van der Waals surface area contributed by atoms with Crippen LogP contribution in [0.25, 0.3) is 0 Å². The Labute approximate surface area is 126 Å². The maximum Gasteiger partial charge on any atom is 0.147 e. The van der Waals surface area contributed by atoms with E-state index in [9.17, 15) is 0 Å². The highest BCUT2D eigenvalue weighted by Crippen LogP contribution is 2.14. The average molecular weight is 288 g/mol. The SMILES string of the molecule is CCN(Cc1ccco1)c1cnc(CNC(C)(C)C)cn1. The first kappa shape index (κ1) is 15.5. The molecule has 0 aliphatic heterocycles. The van der Waals surface area contributed by atoms with E-state index in [2.05, 4.69) is 47.9 Å². The van der Waals surface area contributed by atoms with Crippen LogP contribution in [0.2, 0.25) is 0 Å². The van der Waals surface area contributed by atoms with Crippen LogP contribution in [0.3, 0.4) is 0 Å². The van der Waals surface area contributed by atoms with Gasteiger partial charge in [-0.2, -0.15) is 0 Å². The van der Waals surface area contributed by atoms with Crippen molar-refractivity contribution in [1.29, 1.82) is 0 Å². The third kappa shape index (κ3) is 4.86. The lowest BCUT2D eigenvalue weighted by Crippen LogP contribution is -2.35. The summed E-state index contributed by atoms with van der Waals surface area (Å²) in [7, 11) is 0. The van der Waals surface area contributed by atoms with Crippen LogP contribution in [0, 0.1) is 0 Å². The second-order valence-corrected chi connectivity index (χ2v) is 6.06. The summed E-state index contributed by atoms with van der Waals surface area (Å²) in [5.41, 5.74) is 1.03. The van der Waals surface area contributed by atoms with Crippen molar-refractivity contribution >= 4 is 5.82 Å². The molecular formula is C16H24N4O. The van der Waals surface area contributed by atoms with Crippen LogP contribution < -0.4 is 10.2 Å². The molecule has 2 rings (SSSR count). The van der Waals surface area contributed by atoms with Crippen molar-refractivity contribution in [3.8, 4) is 0 Å². The molecule has 0 radical (unpaired) electrons. The molecule has 2 aromatic rings. The zero-order chi connectivity index (χ0) is 15.3. The molecule has 1 N–H and O–H groups in total. The lowest BCUT2D eigenvalue weighted by molar-refractivity contribution is 0.421. The van der Waals surface area contributed by atoms with E-state index in [1.807, 2.05) is 24.5 Å². The van der Waals surface area contributed by atoms with Gasteiger partial charge in [0.2, 0.25) is 0 Å². The van der Waals surface area contributed by atoms with Crippen LogP contribution in [0.1, 0.15) is 39.1 Å². The van der Waals surface area contributed by atoms with E-state index in [0.717, 1.165) is 30.4 Å². The summed E-state index contributed by atoms with van der Waals surface area (Å²) < 4.78 is 5.39. The quantitative estimate of drug-likeness (QED) is 0.885. The van der Waals surface area contributed by atoms with Crippen LogP contribution >= 0.6 is 0 Å². The number of hydrogen-bond acceptors (Lipinski definition) is 5. The standard InChI is InChI=1S/C16H24N4O/c1-5-20(12-14-7-6-8-21-14)15-11-17-13(9-18-15)10-19-16(2,3)4/h6-9,11,19H,5,10,12H2,1-4H3. The van der Waals surface area contributed by atoms with Gasteiger partial charge in [-0.1, -0.05) is 0 Å². The van der Waals surface area contributed by atoms with Crippen LogP contribution in [0.5, 0.6) is 0 Å². The molecule has 114 valence electrons. The number of furan rings is 1. The molecule has 2 heterocycles. The molecule has 0 bridgehead atoms. The van der Waals surface area contributed by atoms with Crippen molar-refractivity contribution in [3.63, 3.8) is 0 Å². The summed E-state index contributed by atoms with van der Waals surface area (Å²) in [6, 6.07) is 3.87. The van der Waals surface area contributed by atoms with Gasteiger partial charge in [-0.05, 0) is 39.8 Å². The van der Waals surface area contributed by atoms with Gasteiger partial charge >= 0.3 is 0 Å². The molecule has 0 aliphatic carbocycles. The fourth-order valence-electron chi connectivity index (χ4n) is 1.90. The Kier molecular flexibility index (Phi) is 4.96. The molecule has 2 aromatic heterocycles. The Morgan fingerprint density at radius 3 is 2.57 bits per heavy atom. The van der Waals surface area contributed by atoms with Gasteiger partial charge in [0.05, 0.1) is 30.9 Å². The number of nitrogens with one attached hydrogen (secondary N) is 1. The van der Waals surface area contributed by atoms with Crippen molar-refractivity contribution in [3.05, 3.63) is 42.2 Å². The molecule has 5 nitrogen and oxygen atoms in total. The van der Waals surface area contributed by atoms with E-state index in [-0.39, 0.29) is 5.54 Å². The van der Waals surface area contributed by atoms with Crippen LogP contribution in [-0.4, -0.2) is 22.1 Å². The second kappa shape index (κ2) is 6.72. The van der Waals surface area contributed by atoms with E-state index < -0.39 is 0 Å². The van der Waals surface area contributed by atoms with E-state index in [1.54, 1.807) is 6.26 Å². The van der Waals surface area contributed by atoms with E-state index in [0.29, 0.717) is 6.54 Å². The summed E-state index contributed by atoms with van der Waals surface area (Å²) >= 11 is 0. The van der Waals surface area contributed by atoms with Gasteiger partial charge in [0.1, 0.15) is 11.6 Å². The fraction of sp³-hybridized carbons (Fsp3) is 0.500. The normalized spacial score (nSPS) is 11.6. The first-order valence-electron chi connectivity index (χ1n) is 7.31. The zero-order valence-corrected chi connectivity index (χ0v) is 13.3. The first-order valence-corrected chi connectivity index (χ1v) is 7.31. The minimum Gasteiger partial charge on any atom is -0.467 e. The van der Waals surface area contributed by atoms with Crippen LogP contribution in [-0.2, 0) is 13.1 Å². The summed E-state index contributed by atoms with van der Waals surface area (Å²) in [5.74, 6) is 1.80. The molecule has 0 atom stereocenters. The Balaban J connectivity index is 1.99. The summed E-state index contributed by atoms with van der Waals surface area (Å²) in [6.07, 6.45) is 5.35. The minimum absolute atomic E-state index is 0.0785. The Morgan fingerprint density at radius 2 is 2.05 bits per heavy atom. The van der Waals surface area contributed by atoms with Gasteiger partial charge in [0.25, 0.3) is 0 Å². The Hall–Kier alpha value is -1.88.